The maximum absolute atomic E-state index is 12.2. The van der Waals surface area contributed by atoms with Crippen molar-refractivity contribution in [3.05, 3.63) is 64.0 Å². The Hall–Kier alpha value is -2.80. The molecule has 0 aliphatic rings. The summed E-state index contributed by atoms with van der Waals surface area (Å²) >= 11 is 1.39. The largest absolute Gasteiger partial charge is 0.454 e. The Bertz CT molecular complexity index is 962. The zero-order valence-electron chi connectivity index (χ0n) is 13.5. The lowest BCUT2D eigenvalue weighted by Gasteiger charge is -2.12. The molecular formula is C18H16N2O4S. The first kappa shape index (κ1) is 17.0. The van der Waals surface area contributed by atoms with E-state index >= 15 is 0 Å². The Labute approximate surface area is 147 Å². The normalized spacial score (nSPS) is 12.0. The van der Waals surface area contributed by atoms with Gasteiger partial charge in [0.05, 0.1) is 18.1 Å². The Balaban J connectivity index is 1.59. The van der Waals surface area contributed by atoms with E-state index in [1.165, 1.54) is 22.2 Å². The predicted molar refractivity (Wildman–Crippen MR) is 94.8 cm³/mol. The van der Waals surface area contributed by atoms with Crippen LogP contribution in [0.1, 0.15) is 23.7 Å². The molecule has 7 heteroatoms. The second-order valence-electron chi connectivity index (χ2n) is 5.49. The lowest BCUT2D eigenvalue weighted by Crippen LogP contribution is -2.26. The number of hydrogen-bond acceptors (Lipinski definition) is 6. The number of carbonyl (C=O) groups excluding carboxylic acids is 2. The average Bonchev–Trinajstić information content (AvgIpc) is 3.11. The van der Waals surface area contributed by atoms with Gasteiger partial charge in [-0.2, -0.15) is 0 Å². The van der Waals surface area contributed by atoms with E-state index in [0.717, 1.165) is 0 Å². The quantitative estimate of drug-likeness (QED) is 0.501. The number of ketones is 1. The minimum atomic E-state index is -0.871. The highest BCUT2D eigenvalue weighted by Gasteiger charge is 2.19. The van der Waals surface area contributed by atoms with Crippen molar-refractivity contribution in [2.24, 2.45) is 0 Å². The monoisotopic (exact) mass is 356 g/mol. The number of carbonyl (C=O) groups is 2. The van der Waals surface area contributed by atoms with E-state index in [0.29, 0.717) is 15.8 Å². The van der Waals surface area contributed by atoms with E-state index < -0.39 is 12.1 Å². The van der Waals surface area contributed by atoms with Gasteiger partial charge in [-0.05, 0) is 18.4 Å². The molecule has 2 heterocycles. The molecule has 0 aliphatic carbocycles. The van der Waals surface area contributed by atoms with Gasteiger partial charge < -0.3 is 4.74 Å². The highest BCUT2D eigenvalue weighted by molar-refractivity contribution is 7.16. The van der Waals surface area contributed by atoms with Gasteiger partial charge in [-0.25, -0.2) is 4.98 Å². The van der Waals surface area contributed by atoms with Crippen molar-refractivity contribution in [1.29, 1.82) is 0 Å². The number of aromatic nitrogens is 2. The van der Waals surface area contributed by atoms with Crippen LogP contribution in [0.5, 0.6) is 0 Å². The van der Waals surface area contributed by atoms with Crippen LogP contribution in [0.3, 0.4) is 0 Å². The second kappa shape index (κ2) is 7.40. The fourth-order valence-electron chi connectivity index (χ4n) is 2.41. The first-order chi connectivity index (χ1) is 12.1. The van der Waals surface area contributed by atoms with E-state index in [9.17, 15) is 14.4 Å². The summed E-state index contributed by atoms with van der Waals surface area (Å²) in [6.07, 6.45) is 0.542. The van der Waals surface area contributed by atoms with Gasteiger partial charge in [-0.15, -0.1) is 11.3 Å². The average molecular weight is 356 g/mol. The van der Waals surface area contributed by atoms with Gasteiger partial charge in [-0.3, -0.25) is 19.0 Å². The van der Waals surface area contributed by atoms with E-state index in [2.05, 4.69) is 4.98 Å². The number of esters is 1. The van der Waals surface area contributed by atoms with Crippen LogP contribution in [0.4, 0.5) is 0 Å². The van der Waals surface area contributed by atoms with Gasteiger partial charge >= 0.3 is 5.97 Å². The number of hydrogen-bond donors (Lipinski definition) is 0. The van der Waals surface area contributed by atoms with Crippen LogP contribution in [0.25, 0.3) is 10.2 Å². The molecule has 3 rings (SSSR count). The van der Waals surface area contributed by atoms with Gasteiger partial charge in [-0.1, -0.05) is 30.3 Å². The van der Waals surface area contributed by atoms with Crippen molar-refractivity contribution in [3.8, 4) is 0 Å². The van der Waals surface area contributed by atoms with E-state index in [1.54, 1.807) is 42.6 Å². The van der Waals surface area contributed by atoms with Gasteiger partial charge in [0.25, 0.3) is 5.56 Å². The molecule has 0 N–H and O–H groups in total. The zero-order valence-corrected chi connectivity index (χ0v) is 14.4. The Morgan fingerprint density at radius 1 is 1.24 bits per heavy atom. The van der Waals surface area contributed by atoms with Crippen molar-refractivity contribution in [2.75, 3.05) is 0 Å². The minimum absolute atomic E-state index is 0.0103. The fourth-order valence-corrected chi connectivity index (χ4v) is 3.13. The van der Waals surface area contributed by atoms with Crippen molar-refractivity contribution < 1.29 is 14.3 Å². The number of fused-ring (bicyclic) bond motifs is 1. The van der Waals surface area contributed by atoms with Gasteiger partial charge in [0, 0.05) is 12.1 Å². The van der Waals surface area contributed by atoms with Crippen LogP contribution in [-0.2, 0) is 16.1 Å². The number of nitrogens with zero attached hydrogens (tertiary/aromatic N) is 2. The molecule has 1 atom stereocenters. The topological polar surface area (TPSA) is 78.3 Å². The summed E-state index contributed by atoms with van der Waals surface area (Å²) in [6, 6.07) is 10.4. The van der Waals surface area contributed by atoms with Crippen molar-refractivity contribution in [2.45, 2.75) is 26.0 Å². The summed E-state index contributed by atoms with van der Waals surface area (Å²) in [6.45, 7) is 1.70. The molecule has 0 fully saturated rings. The molecule has 25 heavy (non-hydrogen) atoms. The molecule has 1 aromatic carbocycles. The van der Waals surface area contributed by atoms with Gasteiger partial charge in [0.2, 0.25) is 5.78 Å². The molecule has 0 bridgehead atoms. The first-order valence-corrected chi connectivity index (χ1v) is 8.65. The third-order valence-corrected chi connectivity index (χ3v) is 4.56. The van der Waals surface area contributed by atoms with E-state index in [1.807, 2.05) is 6.07 Å². The standard InChI is InChI=1S/C18H16N2O4S/c1-12(16(22)13-5-3-2-4-6-13)24-15(21)7-9-20-11-19-17-14(18(20)23)8-10-25-17/h2-6,8,10-12H,7,9H2,1H3/t12-/m1/s1. The molecule has 6 nitrogen and oxygen atoms in total. The molecule has 2 aromatic heterocycles. The number of Topliss-reactive ketones (excluding diaryl/α,β-unsaturated/α-hetero) is 1. The smallest absolute Gasteiger partial charge is 0.308 e. The van der Waals surface area contributed by atoms with Gasteiger partial charge in [0.1, 0.15) is 4.83 Å². The number of benzene rings is 1. The Morgan fingerprint density at radius 3 is 2.76 bits per heavy atom. The number of aryl methyl sites for hydroxylation is 1. The molecule has 0 aliphatic heterocycles. The third kappa shape index (κ3) is 3.83. The summed E-state index contributed by atoms with van der Waals surface area (Å²) in [5.74, 6) is -0.790. The highest BCUT2D eigenvalue weighted by Crippen LogP contribution is 2.13. The van der Waals surface area contributed by atoms with E-state index in [-0.39, 0.29) is 24.3 Å². The van der Waals surface area contributed by atoms with Gasteiger partial charge in [0.15, 0.2) is 6.10 Å². The minimum Gasteiger partial charge on any atom is -0.454 e. The Kier molecular flexibility index (Phi) is 5.04. The van der Waals surface area contributed by atoms with E-state index in [4.69, 9.17) is 4.74 Å². The molecule has 0 radical (unpaired) electrons. The molecule has 0 spiro atoms. The fraction of sp³-hybridized carbons (Fsp3) is 0.222. The molecule has 0 saturated heterocycles. The van der Waals surface area contributed by atoms with Crippen LogP contribution in [0.2, 0.25) is 0 Å². The molecule has 0 saturated carbocycles. The first-order valence-electron chi connectivity index (χ1n) is 7.77. The van der Waals surface area contributed by atoms with Crippen molar-refractivity contribution >= 4 is 33.3 Å². The summed E-state index contributed by atoms with van der Waals surface area (Å²) in [5.41, 5.74) is 0.304. The maximum Gasteiger partial charge on any atom is 0.308 e. The number of rotatable bonds is 6. The van der Waals surface area contributed by atoms with Crippen LogP contribution in [-0.4, -0.2) is 27.4 Å². The molecule has 0 amide bonds. The predicted octanol–water partition coefficient (Wildman–Crippen LogP) is 2.66. The van der Waals surface area contributed by atoms with Crippen molar-refractivity contribution in [1.82, 2.24) is 9.55 Å². The SMILES string of the molecule is C[C@@H](OC(=O)CCn1cnc2sccc2c1=O)C(=O)c1ccccc1. The summed E-state index contributed by atoms with van der Waals surface area (Å²) in [4.78, 5) is 41.3. The summed E-state index contributed by atoms with van der Waals surface area (Å²) < 4.78 is 6.55. The lowest BCUT2D eigenvalue weighted by atomic mass is 10.1. The zero-order chi connectivity index (χ0) is 17.8. The Morgan fingerprint density at radius 2 is 2.00 bits per heavy atom. The molecular weight excluding hydrogens is 340 g/mol. The van der Waals surface area contributed by atoms with Crippen LogP contribution in [0.15, 0.2) is 52.9 Å². The number of ether oxygens (including phenoxy) is 1. The van der Waals surface area contributed by atoms with Crippen molar-refractivity contribution in [3.63, 3.8) is 0 Å². The maximum atomic E-state index is 12.2. The third-order valence-electron chi connectivity index (χ3n) is 3.74. The van der Waals surface area contributed by atoms with Crippen LogP contribution in [0, 0.1) is 0 Å². The summed E-state index contributed by atoms with van der Waals surface area (Å²) in [5, 5.41) is 2.34. The van der Waals surface area contributed by atoms with Crippen LogP contribution < -0.4 is 5.56 Å². The highest BCUT2D eigenvalue weighted by atomic mass is 32.1. The summed E-state index contributed by atoms with van der Waals surface area (Å²) in [7, 11) is 0. The lowest BCUT2D eigenvalue weighted by molar-refractivity contribution is -0.146. The number of thiophene rings is 1. The second-order valence-corrected chi connectivity index (χ2v) is 6.39. The molecule has 0 unspecified atom stereocenters. The molecule has 3 aromatic rings. The molecule has 128 valence electrons. The van der Waals surface area contributed by atoms with Crippen LogP contribution >= 0.6 is 11.3 Å².